The second-order valence-electron chi connectivity index (χ2n) is 7.61. The maximum atomic E-state index is 12.7. The fraction of sp³-hybridized carbons (Fsp3) is 0.571. The van der Waals surface area contributed by atoms with E-state index in [0.717, 1.165) is 75.7 Å². The standard InChI is InChI=1S/C21H29N3O4/c1-16-18-4-3-17(27-14-11-23-9-12-26-13-10-23)15-19(18)28-21(25)20(16)24-7-5-22(2)6-8-24/h3-4,15H,5-14H2,1-2H3. The molecule has 28 heavy (non-hydrogen) atoms. The summed E-state index contributed by atoms with van der Waals surface area (Å²) in [7, 11) is 2.10. The average Bonchev–Trinajstić information content (AvgIpc) is 2.70. The molecular weight excluding hydrogens is 358 g/mol. The van der Waals surface area contributed by atoms with E-state index in [1.807, 2.05) is 25.1 Å². The van der Waals surface area contributed by atoms with E-state index in [2.05, 4.69) is 21.7 Å². The van der Waals surface area contributed by atoms with Gasteiger partial charge in [-0.15, -0.1) is 0 Å². The molecule has 1 aromatic carbocycles. The van der Waals surface area contributed by atoms with Crippen LogP contribution in [-0.4, -0.2) is 82.5 Å². The van der Waals surface area contributed by atoms with Gasteiger partial charge in [-0.25, -0.2) is 4.79 Å². The fourth-order valence-electron chi connectivity index (χ4n) is 3.93. The Kier molecular flexibility index (Phi) is 5.85. The lowest BCUT2D eigenvalue weighted by molar-refractivity contribution is 0.0322. The minimum atomic E-state index is -0.264. The zero-order chi connectivity index (χ0) is 19.5. The van der Waals surface area contributed by atoms with Gasteiger partial charge in [0.05, 0.1) is 13.2 Å². The Balaban J connectivity index is 1.49. The summed E-state index contributed by atoms with van der Waals surface area (Å²) in [6, 6.07) is 5.79. The Morgan fingerprint density at radius 2 is 1.82 bits per heavy atom. The third-order valence-corrected chi connectivity index (χ3v) is 5.71. The molecule has 0 aliphatic carbocycles. The number of likely N-dealkylation sites (N-methyl/N-ethyl adjacent to an activating group) is 1. The Hall–Kier alpha value is -2.09. The largest absolute Gasteiger partial charge is 0.492 e. The average molecular weight is 387 g/mol. The highest BCUT2D eigenvalue weighted by Gasteiger charge is 2.21. The Morgan fingerprint density at radius 3 is 2.57 bits per heavy atom. The van der Waals surface area contributed by atoms with Gasteiger partial charge in [0.15, 0.2) is 0 Å². The van der Waals surface area contributed by atoms with Crippen molar-refractivity contribution in [2.45, 2.75) is 6.92 Å². The summed E-state index contributed by atoms with van der Waals surface area (Å²) in [4.78, 5) is 19.4. The first-order valence-electron chi connectivity index (χ1n) is 10.1. The van der Waals surface area contributed by atoms with Gasteiger partial charge in [0.1, 0.15) is 23.6 Å². The molecule has 3 heterocycles. The maximum Gasteiger partial charge on any atom is 0.360 e. The number of ether oxygens (including phenoxy) is 2. The van der Waals surface area contributed by atoms with Crippen molar-refractivity contribution in [3.63, 3.8) is 0 Å². The van der Waals surface area contributed by atoms with Crippen molar-refractivity contribution in [2.75, 3.05) is 77.6 Å². The molecule has 2 aromatic rings. The molecule has 2 aliphatic heterocycles. The van der Waals surface area contributed by atoms with E-state index in [1.54, 1.807) is 0 Å². The van der Waals surface area contributed by atoms with Gasteiger partial charge in [0.25, 0.3) is 0 Å². The van der Waals surface area contributed by atoms with Crippen LogP contribution in [0.25, 0.3) is 11.0 Å². The third-order valence-electron chi connectivity index (χ3n) is 5.71. The van der Waals surface area contributed by atoms with Crippen molar-refractivity contribution in [3.05, 3.63) is 34.2 Å². The number of morpholine rings is 1. The van der Waals surface area contributed by atoms with Gasteiger partial charge in [-0.2, -0.15) is 0 Å². The molecule has 2 aliphatic rings. The molecule has 152 valence electrons. The monoisotopic (exact) mass is 387 g/mol. The van der Waals surface area contributed by atoms with Crippen LogP contribution in [0.4, 0.5) is 5.69 Å². The number of aryl methyl sites for hydroxylation is 1. The van der Waals surface area contributed by atoms with Gasteiger partial charge >= 0.3 is 5.63 Å². The van der Waals surface area contributed by atoms with Gasteiger partial charge in [0.2, 0.25) is 0 Å². The van der Waals surface area contributed by atoms with E-state index in [9.17, 15) is 4.79 Å². The van der Waals surface area contributed by atoms with E-state index in [-0.39, 0.29) is 5.63 Å². The summed E-state index contributed by atoms with van der Waals surface area (Å²) in [5.74, 6) is 0.732. The molecular formula is C21H29N3O4. The van der Waals surface area contributed by atoms with Crippen molar-refractivity contribution < 1.29 is 13.9 Å². The zero-order valence-electron chi connectivity index (χ0n) is 16.8. The molecule has 0 atom stereocenters. The van der Waals surface area contributed by atoms with Crippen molar-refractivity contribution in [3.8, 4) is 5.75 Å². The summed E-state index contributed by atoms with van der Waals surface area (Å²) in [5.41, 5.74) is 2.00. The topological polar surface area (TPSA) is 58.4 Å². The quantitative estimate of drug-likeness (QED) is 0.722. The number of hydrogen-bond acceptors (Lipinski definition) is 7. The molecule has 0 unspecified atom stereocenters. The highest BCUT2D eigenvalue weighted by molar-refractivity contribution is 5.85. The first-order valence-corrected chi connectivity index (χ1v) is 10.1. The Bertz CT molecular complexity index is 868. The number of piperazine rings is 1. The van der Waals surface area contributed by atoms with E-state index in [4.69, 9.17) is 13.9 Å². The molecule has 2 saturated heterocycles. The van der Waals surface area contributed by atoms with Crippen LogP contribution in [-0.2, 0) is 4.74 Å². The number of fused-ring (bicyclic) bond motifs is 1. The first kappa shape index (κ1) is 19.2. The van der Waals surface area contributed by atoms with Crippen LogP contribution in [0.2, 0.25) is 0 Å². The summed E-state index contributed by atoms with van der Waals surface area (Å²) in [6.07, 6.45) is 0. The zero-order valence-corrected chi connectivity index (χ0v) is 16.8. The predicted molar refractivity (Wildman–Crippen MR) is 110 cm³/mol. The number of nitrogens with zero attached hydrogens (tertiary/aromatic N) is 3. The summed E-state index contributed by atoms with van der Waals surface area (Å²) < 4.78 is 16.9. The molecule has 0 saturated carbocycles. The number of hydrogen-bond donors (Lipinski definition) is 0. The van der Waals surface area contributed by atoms with Crippen molar-refractivity contribution in [1.29, 1.82) is 0 Å². The summed E-state index contributed by atoms with van der Waals surface area (Å²) >= 11 is 0. The number of rotatable bonds is 5. The number of anilines is 1. The Morgan fingerprint density at radius 1 is 1.07 bits per heavy atom. The maximum absolute atomic E-state index is 12.7. The van der Waals surface area contributed by atoms with Gasteiger partial charge in [-0.05, 0) is 31.7 Å². The molecule has 0 amide bonds. The molecule has 1 aromatic heterocycles. The normalized spacial score (nSPS) is 19.3. The van der Waals surface area contributed by atoms with Crippen LogP contribution in [0.3, 0.4) is 0 Å². The van der Waals surface area contributed by atoms with Crippen LogP contribution >= 0.6 is 0 Å². The second-order valence-corrected chi connectivity index (χ2v) is 7.61. The van der Waals surface area contributed by atoms with Crippen LogP contribution in [0.1, 0.15) is 5.56 Å². The lowest BCUT2D eigenvalue weighted by Gasteiger charge is -2.34. The molecule has 0 radical (unpaired) electrons. The first-order chi connectivity index (χ1) is 13.6. The van der Waals surface area contributed by atoms with Crippen molar-refractivity contribution in [1.82, 2.24) is 9.80 Å². The number of benzene rings is 1. The predicted octanol–water partition coefficient (Wildman–Crippen LogP) is 1.56. The highest BCUT2D eigenvalue weighted by atomic mass is 16.5. The van der Waals surface area contributed by atoms with Gasteiger partial charge in [0, 0.05) is 57.3 Å². The van der Waals surface area contributed by atoms with E-state index in [1.165, 1.54) is 0 Å². The second kappa shape index (κ2) is 8.51. The van der Waals surface area contributed by atoms with Gasteiger partial charge in [-0.1, -0.05) is 0 Å². The third kappa shape index (κ3) is 4.16. The molecule has 7 heteroatoms. The molecule has 4 rings (SSSR count). The lowest BCUT2D eigenvalue weighted by Crippen LogP contribution is -2.46. The minimum absolute atomic E-state index is 0.264. The fourth-order valence-corrected chi connectivity index (χ4v) is 3.93. The smallest absolute Gasteiger partial charge is 0.360 e. The van der Waals surface area contributed by atoms with E-state index < -0.39 is 0 Å². The van der Waals surface area contributed by atoms with E-state index >= 15 is 0 Å². The van der Waals surface area contributed by atoms with Gasteiger partial charge < -0.3 is 23.7 Å². The SMILES string of the molecule is Cc1c(N2CCN(C)CC2)c(=O)oc2cc(OCCN3CCOCC3)ccc12. The van der Waals surface area contributed by atoms with Crippen LogP contribution in [0.15, 0.2) is 27.4 Å². The molecule has 7 nitrogen and oxygen atoms in total. The van der Waals surface area contributed by atoms with Crippen molar-refractivity contribution in [2.24, 2.45) is 0 Å². The van der Waals surface area contributed by atoms with Crippen LogP contribution in [0, 0.1) is 6.92 Å². The molecule has 0 bridgehead atoms. The minimum Gasteiger partial charge on any atom is -0.492 e. The van der Waals surface area contributed by atoms with Crippen molar-refractivity contribution >= 4 is 16.7 Å². The summed E-state index contributed by atoms with van der Waals surface area (Å²) in [6.45, 7) is 10.5. The molecule has 0 spiro atoms. The van der Waals surface area contributed by atoms with Gasteiger partial charge in [-0.3, -0.25) is 4.90 Å². The lowest BCUT2D eigenvalue weighted by atomic mass is 10.1. The highest BCUT2D eigenvalue weighted by Crippen LogP contribution is 2.28. The Labute approximate surface area is 165 Å². The van der Waals surface area contributed by atoms with Crippen LogP contribution < -0.4 is 15.3 Å². The molecule has 0 N–H and O–H groups in total. The summed E-state index contributed by atoms with van der Waals surface area (Å²) in [5, 5.41) is 0.967. The van der Waals surface area contributed by atoms with E-state index in [0.29, 0.717) is 17.9 Å². The molecule has 2 fully saturated rings. The van der Waals surface area contributed by atoms with Crippen LogP contribution in [0.5, 0.6) is 5.75 Å².